The van der Waals surface area contributed by atoms with Crippen LogP contribution in [0.3, 0.4) is 0 Å². The lowest BCUT2D eigenvalue weighted by Crippen LogP contribution is -2.10. The number of aliphatic imine (C=N–C) groups is 1. The van der Waals surface area contributed by atoms with Crippen LogP contribution in [0, 0.1) is 5.82 Å². The molecule has 3 rings (SSSR count). The molecule has 0 amide bonds. The molecule has 29 heavy (non-hydrogen) atoms. The summed E-state index contributed by atoms with van der Waals surface area (Å²) in [6, 6.07) is 10.8. The van der Waals surface area contributed by atoms with Crippen molar-refractivity contribution in [3.05, 3.63) is 70.1 Å². The highest BCUT2D eigenvalue weighted by atomic mass is 32.2. The van der Waals surface area contributed by atoms with E-state index in [1.165, 1.54) is 32.4 Å². The van der Waals surface area contributed by atoms with Crippen molar-refractivity contribution in [2.45, 2.75) is 0 Å². The van der Waals surface area contributed by atoms with Gasteiger partial charge in [0.05, 0.1) is 31.9 Å². The molecule has 0 aliphatic carbocycles. The van der Waals surface area contributed by atoms with Gasteiger partial charge in [-0.15, -0.1) is 0 Å². The van der Waals surface area contributed by atoms with Crippen LogP contribution in [0.25, 0.3) is 6.08 Å². The van der Waals surface area contributed by atoms with Crippen molar-refractivity contribution in [1.82, 2.24) is 0 Å². The number of ether oxygens (including phenoxy) is 3. The zero-order valence-corrected chi connectivity index (χ0v) is 16.7. The molecule has 0 bridgehead atoms. The third-order valence-electron chi connectivity index (χ3n) is 4.05. The number of rotatable bonds is 5. The van der Waals surface area contributed by atoms with Gasteiger partial charge in [0.15, 0.2) is 0 Å². The van der Waals surface area contributed by atoms with Crippen LogP contribution in [0.1, 0.15) is 5.56 Å². The number of hydrogen-bond acceptors (Lipinski definition) is 7. The highest BCUT2D eigenvalue weighted by Crippen LogP contribution is 2.41. The number of methoxy groups -OCH3 is 3. The molecule has 0 atom stereocenters. The Labute approximate surface area is 171 Å². The Hall–Kier alpha value is -3.26. The number of carbonyl (C=O) groups excluding carboxylic acids is 1. The minimum absolute atomic E-state index is 0.0829. The number of aliphatic hydroxyl groups excluding tert-OH is 1. The lowest BCUT2D eigenvalue weighted by Gasteiger charge is -2.08. The van der Waals surface area contributed by atoms with Crippen molar-refractivity contribution >= 4 is 34.5 Å². The van der Waals surface area contributed by atoms with Gasteiger partial charge in [-0.2, -0.15) is 0 Å². The number of halogens is 1. The summed E-state index contributed by atoms with van der Waals surface area (Å²) in [7, 11) is 4.28. The third-order valence-corrected chi connectivity index (χ3v) is 5.07. The summed E-state index contributed by atoms with van der Waals surface area (Å²) in [4.78, 5) is 16.9. The summed E-state index contributed by atoms with van der Waals surface area (Å²) in [5.74, 6) is -0.321. The Kier molecular flexibility index (Phi) is 6.23. The Balaban J connectivity index is 2.07. The molecule has 0 saturated heterocycles. The number of thioether (sulfide) groups is 1. The second-order valence-corrected chi connectivity index (χ2v) is 6.86. The maximum Gasteiger partial charge on any atom is 0.344 e. The average molecular weight is 415 g/mol. The smallest absolute Gasteiger partial charge is 0.344 e. The summed E-state index contributed by atoms with van der Waals surface area (Å²) in [5, 5.41) is 10.9. The fraction of sp³-hybridized carbons (Fsp3) is 0.143. The van der Waals surface area contributed by atoms with Gasteiger partial charge in [0, 0.05) is 11.6 Å². The predicted octanol–water partition coefficient (Wildman–Crippen LogP) is 4.65. The van der Waals surface area contributed by atoms with Gasteiger partial charge in [-0.25, -0.2) is 14.2 Å². The van der Waals surface area contributed by atoms with Crippen LogP contribution in [0.5, 0.6) is 11.5 Å². The van der Waals surface area contributed by atoms with Crippen LogP contribution in [0.15, 0.2) is 63.7 Å². The van der Waals surface area contributed by atoms with E-state index >= 15 is 0 Å². The van der Waals surface area contributed by atoms with Crippen molar-refractivity contribution in [2.24, 2.45) is 4.99 Å². The molecule has 1 heterocycles. The average Bonchev–Trinajstić information content (AvgIpc) is 3.02. The lowest BCUT2D eigenvalue weighted by atomic mass is 10.1. The van der Waals surface area contributed by atoms with Crippen LogP contribution >= 0.6 is 11.8 Å². The van der Waals surface area contributed by atoms with E-state index in [-0.39, 0.29) is 16.4 Å². The van der Waals surface area contributed by atoms with Gasteiger partial charge in [-0.3, -0.25) is 0 Å². The second-order valence-electron chi connectivity index (χ2n) is 5.83. The van der Waals surface area contributed by atoms with Gasteiger partial charge in [0.2, 0.25) is 0 Å². The van der Waals surface area contributed by atoms with Crippen molar-refractivity contribution in [1.29, 1.82) is 0 Å². The number of esters is 1. The minimum Gasteiger partial charge on any atom is -0.506 e. The molecule has 0 fully saturated rings. The van der Waals surface area contributed by atoms with E-state index in [9.17, 15) is 14.3 Å². The van der Waals surface area contributed by atoms with E-state index in [4.69, 9.17) is 14.2 Å². The molecule has 0 aromatic heterocycles. The van der Waals surface area contributed by atoms with Crippen molar-refractivity contribution in [2.75, 3.05) is 21.3 Å². The van der Waals surface area contributed by atoms with Gasteiger partial charge in [0.1, 0.15) is 33.7 Å². The molecule has 8 heteroatoms. The molecule has 0 radical (unpaired) electrons. The predicted molar refractivity (Wildman–Crippen MR) is 110 cm³/mol. The Morgan fingerprint density at radius 1 is 1.14 bits per heavy atom. The lowest BCUT2D eigenvalue weighted by molar-refractivity contribution is -0.135. The van der Waals surface area contributed by atoms with E-state index in [1.54, 1.807) is 37.5 Å². The van der Waals surface area contributed by atoms with Gasteiger partial charge < -0.3 is 19.3 Å². The molecule has 1 N–H and O–H groups in total. The first-order valence-corrected chi connectivity index (χ1v) is 9.26. The molecule has 2 aromatic rings. The molecular weight excluding hydrogens is 397 g/mol. The SMILES string of the molecule is COC(=O)C1=C(O)/C(=C\c2ccc(OC)cc2OC)SC1=Nc1cccc(F)c1. The second kappa shape index (κ2) is 8.83. The number of benzene rings is 2. The third kappa shape index (κ3) is 4.43. The zero-order chi connectivity index (χ0) is 21.0. The maximum atomic E-state index is 13.5. The van der Waals surface area contributed by atoms with Crippen molar-refractivity contribution in [3.63, 3.8) is 0 Å². The van der Waals surface area contributed by atoms with Crippen molar-refractivity contribution < 1.29 is 28.5 Å². The van der Waals surface area contributed by atoms with Gasteiger partial charge >= 0.3 is 5.97 Å². The summed E-state index contributed by atoms with van der Waals surface area (Å²) >= 11 is 1.07. The fourth-order valence-electron chi connectivity index (χ4n) is 2.63. The normalized spacial score (nSPS) is 16.4. The van der Waals surface area contributed by atoms with E-state index in [0.29, 0.717) is 27.7 Å². The minimum atomic E-state index is -0.741. The summed E-state index contributed by atoms with van der Waals surface area (Å²) in [6.07, 6.45) is 1.66. The first-order chi connectivity index (χ1) is 14.0. The highest BCUT2D eigenvalue weighted by Gasteiger charge is 2.33. The molecule has 1 aliphatic heterocycles. The number of hydrogen-bond donors (Lipinski definition) is 1. The molecule has 0 saturated carbocycles. The quantitative estimate of drug-likeness (QED) is 0.717. The molecular formula is C21H18FNO5S. The van der Waals surface area contributed by atoms with E-state index in [2.05, 4.69) is 4.99 Å². The van der Waals surface area contributed by atoms with Crippen LogP contribution in [0.2, 0.25) is 0 Å². The summed E-state index contributed by atoms with van der Waals surface area (Å²) < 4.78 is 28.8. The highest BCUT2D eigenvalue weighted by molar-refractivity contribution is 8.18. The monoisotopic (exact) mass is 415 g/mol. The number of carbonyl (C=O) groups is 1. The van der Waals surface area contributed by atoms with E-state index < -0.39 is 11.8 Å². The molecule has 0 unspecified atom stereocenters. The van der Waals surface area contributed by atoms with Gasteiger partial charge in [-0.05, 0) is 36.4 Å². The largest absolute Gasteiger partial charge is 0.506 e. The molecule has 150 valence electrons. The van der Waals surface area contributed by atoms with Crippen LogP contribution < -0.4 is 9.47 Å². The molecule has 1 aliphatic rings. The van der Waals surface area contributed by atoms with Crippen LogP contribution in [-0.2, 0) is 9.53 Å². The number of aliphatic hydroxyl groups is 1. The molecule has 6 nitrogen and oxygen atoms in total. The van der Waals surface area contributed by atoms with E-state index in [0.717, 1.165) is 11.8 Å². The first-order valence-electron chi connectivity index (χ1n) is 8.45. The standard InChI is InChI=1S/C21H18FNO5S/c1-26-15-8-7-12(16(11-15)27-2)9-17-19(24)18(21(25)28-3)20(29-17)23-14-6-4-5-13(22)10-14/h4-11,24H,1-3H3/b17-9+,23-20?. The summed E-state index contributed by atoms with van der Waals surface area (Å²) in [6.45, 7) is 0. The number of nitrogens with zero attached hydrogens (tertiary/aromatic N) is 1. The summed E-state index contributed by atoms with van der Waals surface area (Å²) in [5.41, 5.74) is 0.893. The molecule has 2 aromatic carbocycles. The first kappa shape index (κ1) is 20.5. The van der Waals surface area contributed by atoms with E-state index in [1.807, 2.05) is 0 Å². The molecule has 0 spiro atoms. The maximum absolute atomic E-state index is 13.5. The zero-order valence-electron chi connectivity index (χ0n) is 15.9. The Morgan fingerprint density at radius 3 is 2.59 bits per heavy atom. The van der Waals surface area contributed by atoms with Gasteiger partial charge in [-0.1, -0.05) is 17.8 Å². The Morgan fingerprint density at radius 2 is 1.93 bits per heavy atom. The topological polar surface area (TPSA) is 77.4 Å². The van der Waals surface area contributed by atoms with Crippen LogP contribution in [-0.4, -0.2) is 37.4 Å². The van der Waals surface area contributed by atoms with Crippen LogP contribution in [0.4, 0.5) is 10.1 Å². The fourth-order valence-corrected chi connectivity index (χ4v) is 3.66. The van der Waals surface area contributed by atoms with Crippen molar-refractivity contribution in [3.8, 4) is 11.5 Å². The van der Waals surface area contributed by atoms with Gasteiger partial charge in [0.25, 0.3) is 0 Å². The Bertz CT molecular complexity index is 1050.